The Kier molecular flexibility index (Phi) is 6.54. The number of rotatable bonds is 5. The summed E-state index contributed by atoms with van der Waals surface area (Å²) in [6, 6.07) is 12.5. The molecule has 45 heavy (non-hydrogen) atoms. The van der Waals surface area contributed by atoms with Crippen LogP contribution in [-0.2, 0) is 16.8 Å². The van der Waals surface area contributed by atoms with Gasteiger partial charge in [0.15, 0.2) is 5.13 Å². The first-order chi connectivity index (χ1) is 21.2. The summed E-state index contributed by atoms with van der Waals surface area (Å²) in [5.74, 6) is -0.590. The van der Waals surface area contributed by atoms with Crippen LogP contribution in [0.15, 0.2) is 36.4 Å². The molecule has 1 atom stereocenters. The molecule has 2 aliphatic heterocycles. The Hall–Kier alpha value is -4.11. The Balaban J connectivity index is 1.27. The van der Waals surface area contributed by atoms with Gasteiger partial charge in [0, 0.05) is 60.8 Å². The number of halogens is 1. The van der Waals surface area contributed by atoms with Gasteiger partial charge in [0.05, 0.1) is 16.9 Å². The first kappa shape index (κ1) is 29.6. The molecule has 1 spiro atoms. The largest absolute Gasteiger partial charge is 0.384 e. The molecule has 11 heteroatoms. The lowest BCUT2D eigenvalue weighted by molar-refractivity contribution is -0.162. The molecule has 0 unspecified atom stereocenters. The second-order valence-electron chi connectivity index (χ2n) is 13.6. The standard InChI is InChI=1S/C34H35FN6O3S/c1-19-12-22(40-15-34(16-40)17-41(18-34)30(42)32(2,3)43)13-24-26(19)37-29-23(10-11-33(29,4)44)28(24)39(5)31-38-27(25(14-36)45-31)20-6-8-21(35)9-7-20/h6-9,12-13,43-44H,10-11,15-18H2,1-5H3/t33-/m0/s1. The molecule has 0 saturated carbocycles. The highest BCUT2D eigenvalue weighted by Crippen LogP contribution is 2.49. The number of aliphatic hydroxyl groups is 2. The minimum absolute atomic E-state index is 0.0314. The van der Waals surface area contributed by atoms with Crippen LogP contribution < -0.4 is 9.80 Å². The summed E-state index contributed by atoms with van der Waals surface area (Å²) in [6.07, 6.45) is 1.20. The second-order valence-corrected chi connectivity index (χ2v) is 14.6. The molecule has 2 aromatic carbocycles. The monoisotopic (exact) mass is 626 g/mol. The Morgan fingerprint density at radius 3 is 2.49 bits per heavy atom. The molecule has 0 radical (unpaired) electrons. The summed E-state index contributed by atoms with van der Waals surface area (Å²) < 4.78 is 13.6. The van der Waals surface area contributed by atoms with E-state index in [1.165, 1.54) is 37.3 Å². The number of hydrogen-bond donors (Lipinski definition) is 2. The molecule has 9 nitrogen and oxygen atoms in total. The highest BCUT2D eigenvalue weighted by atomic mass is 32.1. The third kappa shape index (κ3) is 4.74. The van der Waals surface area contributed by atoms with E-state index in [4.69, 9.17) is 9.97 Å². The predicted molar refractivity (Wildman–Crippen MR) is 172 cm³/mol. The summed E-state index contributed by atoms with van der Waals surface area (Å²) >= 11 is 1.28. The summed E-state index contributed by atoms with van der Waals surface area (Å²) in [6.45, 7) is 9.79. The number of amides is 1. The number of aryl methyl sites for hydroxylation is 1. The molecule has 7 rings (SSSR count). The number of nitrogens with zero attached hydrogens (tertiary/aromatic N) is 6. The lowest BCUT2D eigenvalue weighted by Crippen LogP contribution is -2.74. The van der Waals surface area contributed by atoms with Crippen LogP contribution in [0.5, 0.6) is 0 Å². The van der Waals surface area contributed by atoms with Crippen LogP contribution >= 0.6 is 11.3 Å². The molecule has 2 saturated heterocycles. The van der Waals surface area contributed by atoms with Crippen LogP contribution in [0.1, 0.15) is 48.9 Å². The van der Waals surface area contributed by atoms with Crippen molar-refractivity contribution in [2.24, 2.45) is 5.41 Å². The summed E-state index contributed by atoms with van der Waals surface area (Å²) in [7, 11) is 1.93. The van der Waals surface area contributed by atoms with E-state index < -0.39 is 11.2 Å². The van der Waals surface area contributed by atoms with Crippen molar-refractivity contribution in [1.82, 2.24) is 14.9 Å². The molecule has 1 aliphatic carbocycles. The fourth-order valence-electron chi connectivity index (χ4n) is 7.15. The molecule has 232 valence electrons. The number of nitriles is 1. The van der Waals surface area contributed by atoms with Crippen LogP contribution in [0.3, 0.4) is 0 Å². The molecular weight excluding hydrogens is 591 g/mol. The number of carbonyl (C=O) groups excluding carboxylic acids is 1. The van der Waals surface area contributed by atoms with E-state index in [1.54, 1.807) is 24.0 Å². The highest BCUT2D eigenvalue weighted by Gasteiger charge is 2.54. The zero-order valence-corrected chi connectivity index (χ0v) is 26.8. The maximum Gasteiger partial charge on any atom is 0.253 e. The van der Waals surface area contributed by atoms with Crippen LogP contribution in [0.2, 0.25) is 0 Å². The number of hydrogen-bond acceptors (Lipinski definition) is 9. The van der Waals surface area contributed by atoms with Crippen molar-refractivity contribution < 1.29 is 19.4 Å². The van der Waals surface area contributed by atoms with Gasteiger partial charge < -0.3 is 24.9 Å². The average Bonchev–Trinajstić information content (AvgIpc) is 3.50. The van der Waals surface area contributed by atoms with Crippen molar-refractivity contribution in [3.8, 4) is 17.3 Å². The second kappa shape index (κ2) is 9.94. The quantitative estimate of drug-likeness (QED) is 0.317. The van der Waals surface area contributed by atoms with Gasteiger partial charge in [0.2, 0.25) is 0 Å². The Labute approximate surface area is 265 Å². The SMILES string of the molecule is Cc1cc(N2CC3(CN(C(=O)C(C)(C)O)C3)C2)cc2c(N(C)c3nc(-c4ccc(F)cc4)c(C#N)s3)c3c(nc12)[C@@](C)(O)CC3. The van der Waals surface area contributed by atoms with E-state index in [2.05, 4.69) is 23.1 Å². The number of anilines is 3. The van der Waals surface area contributed by atoms with E-state index in [0.29, 0.717) is 52.9 Å². The van der Waals surface area contributed by atoms with Gasteiger partial charge in [0.25, 0.3) is 5.91 Å². The van der Waals surface area contributed by atoms with Gasteiger partial charge in [-0.15, -0.1) is 0 Å². The summed E-state index contributed by atoms with van der Waals surface area (Å²) in [5, 5.41) is 33.0. The van der Waals surface area contributed by atoms with Crippen LogP contribution in [0.25, 0.3) is 22.2 Å². The Morgan fingerprint density at radius 2 is 1.84 bits per heavy atom. The molecule has 2 aromatic heterocycles. The molecule has 3 aliphatic rings. The number of fused-ring (bicyclic) bond motifs is 2. The van der Waals surface area contributed by atoms with E-state index in [1.807, 2.05) is 18.9 Å². The molecule has 2 N–H and O–H groups in total. The number of benzene rings is 2. The van der Waals surface area contributed by atoms with Gasteiger partial charge >= 0.3 is 0 Å². The van der Waals surface area contributed by atoms with Gasteiger partial charge in [-0.25, -0.2) is 14.4 Å². The molecular formula is C34H35FN6O3S. The first-order valence-corrected chi connectivity index (χ1v) is 15.9. The number of carbonyl (C=O) groups is 1. The third-order valence-electron chi connectivity index (χ3n) is 9.45. The zero-order chi connectivity index (χ0) is 32.1. The van der Waals surface area contributed by atoms with Crippen LogP contribution in [0.4, 0.5) is 20.9 Å². The lowest BCUT2D eigenvalue weighted by atomic mass is 9.72. The number of likely N-dealkylation sites (tertiary alicyclic amines) is 1. The number of pyridine rings is 1. The topological polar surface area (TPSA) is 117 Å². The molecule has 2 fully saturated rings. The van der Waals surface area contributed by atoms with E-state index >= 15 is 0 Å². The average molecular weight is 627 g/mol. The van der Waals surface area contributed by atoms with Crippen molar-refractivity contribution in [3.05, 3.63) is 63.9 Å². The normalized spacial score (nSPS) is 20.2. The minimum atomic E-state index is -1.37. The van der Waals surface area contributed by atoms with E-state index in [0.717, 1.165) is 46.5 Å². The van der Waals surface area contributed by atoms with Gasteiger partial charge in [0.1, 0.15) is 33.7 Å². The van der Waals surface area contributed by atoms with Gasteiger partial charge in [-0.3, -0.25) is 4.79 Å². The van der Waals surface area contributed by atoms with E-state index in [9.17, 15) is 24.7 Å². The Bertz CT molecular complexity index is 1910. The maximum absolute atomic E-state index is 13.6. The van der Waals surface area contributed by atoms with Crippen LogP contribution in [0, 0.1) is 29.5 Å². The molecule has 0 bridgehead atoms. The predicted octanol–water partition coefficient (Wildman–Crippen LogP) is 5.02. The maximum atomic E-state index is 13.6. The van der Waals surface area contributed by atoms with Gasteiger partial charge in [-0.05, 0) is 82.5 Å². The van der Waals surface area contributed by atoms with Gasteiger partial charge in [-0.2, -0.15) is 5.26 Å². The van der Waals surface area contributed by atoms with Crippen molar-refractivity contribution in [2.45, 2.75) is 51.7 Å². The van der Waals surface area contributed by atoms with E-state index in [-0.39, 0.29) is 17.1 Å². The zero-order valence-electron chi connectivity index (χ0n) is 26.0. The minimum Gasteiger partial charge on any atom is -0.384 e. The lowest BCUT2D eigenvalue weighted by Gasteiger charge is -2.61. The molecule has 4 aromatic rings. The van der Waals surface area contributed by atoms with Crippen molar-refractivity contribution in [1.29, 1.82) is 5.26 Å². The van der Waals surface area contributed by atoms with Crippen molar-refractivity contribution >= 4 is 44.7 Å². The smallest absolute Gasteiger partial charge is 0.253 e. The fourth-order valence-corrected chi connectivity index (χ4v) is 8.00. The summed E-state index contributed by atoms with van der Waals surface area (Å²) in [4.78, 5) is 28.9. The fraction of sp³-hybridized carbons (Fsp3) is 0.412. The molecule has 4 heterocycles. The number of aromatic nitrogens is 2. The van der Waals surface area contributed by atoms with Crippen molar-refractivity contribution in [2.75, 3.05) is 43.0 Å². The van der Waals surface area contributed by atoms with Crippen molar-refractivity contribution in [3.63, 3.8) is 0 Å². The Morgan fingerprint density at radius 1 is 1.16 bits per heavy atom. The third-order valence-corrected chi connectivity index (χ3v) is 10.5. The summed E-state index contributed by atoms with van der Waals surface area (Å²) in [5.41, 5.74) is 4.15. The number of thiazole rings is 1. The molecule has 1 amide bonds. The first-order valence-electron chi connectivity index (χ1n) is 15.1. The van der Waals surface area contributed by atoms with Gasteiger partial charge in [-0.1, -0.05) is 11.3 Å². The highest BCUT2D eigenvalue weighted by molar-refractivity contribution is 7.16. The van der Waals surface area contributed by atoms with Crippen LogP contribution in [-0.4, -0.2) is 69.8 Å².